The fraction of sp³-hybridized carbons (Fsp3) is 0.673. The molecule has 19 atom stereocenters. The fourth-order valence-electron chi connectivity index (χ4n) is 8.22. The Morgan fingerprint density at radius 2 is 1.30 bits per heavy atom. The lowest BCUT2D eigenvalue weighted by Crippen LogP contribution is -2.64. The third-order valence-electron chi connectivity index (χ3n) is 12.5. The van der Waals surface area contributed by atoms with E-state index in [2.05, 4.69) is 10.6 Å². The summed E-state index contributed by atoms with van der Waals surface area (Å²) in [5, 5.41) is 115. The molecule has 16 N–H and O–H groups in total. The zero-order valence-electron chi connectivity index (χ0n) is 40.1. The van der Waals surface area contributed by atoms with E-state index in [0.29, 0.717) is 0 Å². The first kappa shape index (κ1) is 59.6. The number of ether oxygens (including phenoxy) is 4. The van der Waals surface area contributed by atoms with Crippen molar-refractivity contribution >= 4 is 12.0 Å². The van der Waals surface area contributed by atoms with Gasteiger partial charge < -0.3 is 92.1 Å². The molecule has 0 saturated carbocycles. The van der Waals surface area contributed by atoms with Gasteiger partial charge in [0.25, 0.3) is 0 Å². The first-order valence-electron chi connectivity index (χ1n) is 23.9. The van der Waals surface area contributed by atoms with Gasteiger partial charge in [0.05, 0.1) is 85.6 Å². The van der Waals surface area contributed by atoms with Crippen LogP contribution in [0.15, 0.2) is 85.1 Å². The number of hydrogen-bond donors (Lipinski definition) is 14. The van der Waals surface area contributed by atoms with Crippen molar-refractivity contribution in [2.75, 3.05) is 13.1 Å². The molecule has 20 heteroatoms. The number of esters is 1. The van der Waals surface area contributed by atoms with Gasteiger partial charge in [0.2, 0.25) is 0 Å². The predicted molar refractivity (Wildman–Crippen MR) is 255 cm³/mol. The molecule has 0 aromatic carbocycles. The molecule has 3 heterocycles. The number of carbonyl (C=O) groups excluding carboxylic acids is 2. The maximum atomic E-state index is 12.9. The standard InChI is InChI=1S/C49H80N4O16/c1-29-17-15-13-11-9-7-5-6-8-10-12-14-16-18-36(68-47-46(63)42(51)45(62)32(4)67-47)26-40-43(53-48(64)52-22-21-50)39(59)28-49(65,69-40)27-35(56)24-38(58)37(57)20-19-33(54)23-34(55)25-41(60)66-31(3)30(2)44(29)61/h5-18,29-40,42-47,54-59,61-63,65H,19-28,50-51H2,1-4H3,(H2,52,53,64)/b6-5+,9-7+,10-8+,13-11+,14-12+,17-15+,18-16+/t29-,30-,31-,32?,33?,34?,35?,36-,37?,38?,39-,40-,42?,43+,44+,45?,46?,47?,49?/m0/s1. The number of rotatable bonds is 5. The molecule has 2 saturated heterocycles. The fourth-order valence-corrected chi connectivity index (χ4v) is 8.22. The van der Waals surface area contributed by atoms with E-state index in [0.717, 1.165) is 0 Å². The number of aliphatic hydroxyl groups is 10. The van der Waals surface area contributed by atoms with Gasteiger partial charge in [0.1, 0.15) is 12.2 Å². The zero-order valence-corrected chi connectivity index (χ0v) is 40.1. The van der Waals surface area contributed by atoms with Crippen LogP contribution in [0, 0.1) is 11.8 Å². The summed E-state index contributed by atoms with van der Waals surface area (Å²) < 4.78 is 23.6. The van der Waals surface area contributed by atoms with Crippen LogP contribution < -0.4 is 22.1 Å². The molecule has 0 aliphatic carbocycles. The minimum absolute atomic E-state index is 0.0965. The molecule has 2 bridgehead atoms. The van der Waals surface area contributed by atoms with E-state index in [9.17, 15) is 60.7 Å². The van der Waals surface area contributed by atoms with Crippen molar-refractivity contribution in [1.29, 1.82) is 0 Å². The van der Waals surface area contributed by atoms with Crippen LogP contribution in [-0.4, -0.2) is 180 Å². The summed E-state index contributed by atoms with van der Waals surface area (Å²) in [5.74, 6) is -3.71. The number of aliphatic hydroxyl groups excluding tert-OH is 9. The Hall–Kier alpha value is -3.68. The molecule has 2 amide bonds. The number of amides is 2. The minimum atomic E-state index is -2.26. The van der Waals surface area contributed by atoms with Crippen LogP contribution in [0.3, 0.4) is 0 Å². The Morgan fingerprint density at radius 1 is 0.710 bits per heavy atom. The van der Waals surface area contributed by atoms with E-state index in [-0.39, 0.29) is 44.7 Å². The molecule has 3 aliphatic rings. The molecule has 3 aliphatic heterocycles. The topological polar surface area (TPSA) is 349 Å². The summed E-state index contributed by atoms with van der Waals surface area (Å²) in [5.41, 5.74) is 11.6. The number of allylic oxidation sites excluding steroid dienone is 12. The van der Waals surface area contributed by atoms with Crippen LogP contribution in [0.2, 0.25) is 0 Å². The van der Waals surface area contributed by atoms with Crippen molar-refractivity contribution in [3.05, 3.63) is 85.1 Å². The monoisotopic (exact) mass is 981 g/mol. The van der Waals surface area contributed by atoms with Crippen molar-refractivity contribution in [1.82, 2.24) is 10.6 Å². The van der Waals surface area contributed by atoms with E-state index in [1.807, 2.05) is 37.3 Å². The zero-order chi connectivity index (χ0) is 51.3. The summed E-state index contributed by atoms with van der Waals surface area (Å²) in [6, 6.07) is -3.01. The highest BCUT2D eigenvalue weighted by Gasteiger charge is 2.49. The molecule has 20 nitrogen and oxygen atoms in total. The minimum Gasteiger partial charge on any atom is -0.462 e. The molecular weight excluding hydrogens is 901 g/mol. The summed E-state index contributed by atoms with van der Waals surface area (Å²) in [6.45, 7) is 7.01. The average molecular weight is 981 g/mol. The van der Waals surface area contributed by atoms with Crippen LogP contribution in [-0.2, 0) is 23.7 Å². The third-order valence-corrected chi connectivity index (χ3v) is 12.5. The summed E-state index contributed by atoms with van der Waals surface area (Å²) >= 11 is 0. The molecule has 0 radical (unpaired) electrons. The van der Waals surface area contributed by atoms with Gasteiger partial charge in [-0.05, 0) is 33.1 Å². The molecule has 0 aromatic rings. The number of fused-ring (bicyclic) bond motifs is 2. The lowest BCUT2D eigenvalue weighted by Gasteiger charge is -2.46. The average Bonchev–Trinajstić information content (AvgIpc) is 3.28. The van der Waals surface area contributed by atoms with Gasteiger partial charge in [-0.2, -0.15) is 0 Å². The molecule has 2 fully saturated rings. The van der Waals surface area contributed by atoms with Crippen molar-refractivity contribution in [2.24, 2.45) is 23.3 Å². The van der Waals surface area contributed by atoms with Crippen molar-refractivity contribution in [3.63, 3.8) is 0 Å². The summed E-state index contributed by atoms with van der Waals surface area (Å²) in [4.78, 5) is 25.6. The second-order valence-corrected chi connectivity index (χ2v) is 18.4. The second kappa shape index (κ2) is 30.3. The molecular formula is C49H80N4O16. The Labute approximate surface area is 405 Å². The van der Waals surface area contributed by atoms with Gasteiger partial charge in [0.15, 0.2) is 12.1 Å². The number of carbonyl (C=O) groups is 2. The first-order valence-corrected chi connectivity index (χ1v) is 23.9. The van der Waals surface area contributed by atoms with Gasteiger partial charge in [-0.15, -0.1) is 0 Å². The molecule has 0 spiro atoms. The van der Waals surface area contributed by atoms with Crippen LogP contribution >= 0.6 is 0 Å². The highest BCUT2D eigenvalue weighted by molar-refractivity contribution is 5.74. The Kier molecular flexibility index (Phi) is 26.1. The number of urea groups is 1. The Morgan fingerprint density at radius 3 is 1.91 bits per heavy atom. The van der Waals surface area contributed by atoms with E-state index in [1.165, 1.54) is 0 Å². The Balaban J connectivity index is 1.91. The number of nitrogens with one attached hydrogen (secondary N) is 2. The van der Waals surface area contributed by atoms with Gasteiger partial charge in [-0.1, -0.05) is 98.9 Å². The van der Waals surface area contributed by atoms with Crippen molar-refractivity contribution < 1.29 is 79.6 Å². The lowest BCUT2D eigenvalue weighted by atomic mass is 9.87. The van der Waals surface area contributed by atoms with E-state index in [1.54, 1.807) is 75.5 Å². The normalized spacial score (nSPS) is 43.4. The van der Waals surface area contributed by atoms with Crippen LogP contribution in [0.1, 0.15) is 79.1 Å². The smallest absolute Gasteiger partial charge is 0.315 e. The van der Waals surface area contributed by atoms with Crippen molar-refractivity contribution in [2.45, 2.75) is 183 Å². The van der Waals surface area contributed by atoms with Crippen LogP contribution in [0.5, 0.6) is 0 Å². The first-order chi connectivity index (χ1) is 32.6. The quantitative estimate of drug-likeness (QED) is 0.156. The SMILES string of the molecule is CC1OC(O[C@H]2/C=C/C=C/C=C/C=C/C=C/C=C/C=C/[C@H](C)[C@@H](O)[C@@H](C)[C@H](C)OC(=O)CC(O)CC(O)CCC(O)C(O)CC(O)CC3(O)C[C@H](O)[C@@H](NC(=O)NCCN)[C@H](C2)O3)C(O)C(N)C1O. The molecule has 11 unspecified atom stereocenters. The lowest BCUT2D eigenvalue weighted by molar-refractivity contribution is -0.303. The van der Waals surface area contributed by atoms with E-state index < -0.39 is 147 Å². The maximum absolute atomic E-state index is 12.9. The predicted octanol–water partition coefficient (Wildman–Crippen LogP) is -0.363. The number of cyclic esters (lactones) is 1. The molecule has 3 rings (SSSR count). The van der Waals surface area contributed by atoms with E-state index in [4.69, 9.17) is 30.4 Å². The van der Waals surface area contributed by atoms with Gasteiger partial charge in [0, 0.05) is 50.6 Å². The third kappa shape index (κ3) is 20.9. The van der Waals surface area contributed by atoms with E-state index >= 15 is 0 Å². The highest BCUT2D eigenvalue weighted by Crippen LogP contribution is 2.35. The number of nitrogens with two attached hydrogens (primary N) is 2. The maximum Gasteiger partial charge on any atom is 0.315 e. The van der Waals surface area contributed by atoms with Gasteiger partial charge in [-0.3, -0.25) is 4.79 Å². The second-order valence-electron chi connectivity index (χ2n) is 18.4. The van der Waals surface area contributed by atoms with Crippen LogP contribution in [0.4, 0.5) is 4.79 Å². The van der Waals surface area contributed by atoms with Gasteiger partial charge >= 0.3 is 12.0 Å². The van der Waals surface area contributed by atoms with Gasteiger partial charge in [-0.25, -0.2) is 4.79 Å². The largest absolute Gasteiger partial charge is 0.462 e. The molecule has 69 heavy (non-hydrogen) atoms. The Bertz CT molecular complexity index is 1750. The highest BCUT2D eigenvalue weighted by atomic mass is 16.7. The molecule has 0 aromatic heterocycles. The molecule has 392 valence electrons. The summed E-state index contributed by atoms with van der Waals surface area (Å²) in [6.07, 6.45) is 4.85. The summed E-state index contributed by atoms with van der Waals surface area (Å²) in [7, 11) is 0. The number of hydrogen-bond acceptors (Lipinski definition) is 18. The van der Waals surface area contributed by atoms with Crippen LogP contribution in [0.25, 0.3) is 0 Å². The van der Waals surface area contributed by atoms with Crippen molar-refractivity contribution in [3.8, 4) is 0 Å².